The van der Waals surface area contributed by atoms with Crippen molar-refractivity contribution < 1.29 is 0 Å². The van der Waals surface area contributed by atoms with Crippen molar-refractivity contribution in [2.75, 3.05) is 0 Å². The number of benzene rings is 1. The van der Waals surface area contributed by atoms with Crippen molar-refractivity contribution in [3.05, 3.63) is 34.2 Å². The van der Waals surface area contributed by atoms with Crippen LogP contribution in [0.25, 0.3) is 15.9 Å². The fraction of sp³-hybridized carbons (Fsp3) is 0. The monoisotopic (exact) mass is 241 g/mol. The molecule has 60 valence electrons. The Morgan fingerprint density at radius 3 is 2.92 bits per heavy atom. The molecule has 1 nitrogen and oxygen atoms in total. The molecule has 2 rings (SSSR count). The normalized spacial score (nSPS) is 11.4. The van der Waals surface area contributed by atoms with Crippen molar-refractivity contribution >= 4 is 43.0 Å². The van der Waals surface area contributed by atoms with Crippen LogP contribution in [-0.2, 0) is 0 Å². The summed E-state index contributed by atoms with van der Waals surface area (Å²) in [6.07, 6.45) is 1.96. The molecule has 0 radical (unpaired) electrons. The first kappa shape index (κ1) is 8.11. The first-order valence-corrected chi connectivity index (χ1v) is 5.79. The topological polar surface area (TPSA) is 12.9 Å². The van der Waals surface area contributed by atoms with E-state index in [0.29, 0.717) is 14.5 Å². The molecular weight excluding hydrogens is 233 g/mol. The van der Waals surface area contributed by atoms with Gasteiger partial charge in [0.05, 0.1) is 0 Å². The van der Waals surface area contributed by atoms with Gasteiger partial charge in [0.15, 0.2) is 0 Å². The first-order chi connectivity index (χ1) is 5.90. The quantitative estimate of drug-likeness (QED) is 0.595. The van der Waals surface area contributed by atoms with E-state index < -0.39 is 0 Å². The zero-order valence-corrected chi connectivity index (χ0v) is 8.87. The van der Waals surface area contributed by atoms with Gasteiger partial charge in [-0.2, -0.15) is 0 Å². The minimum absolute atomic E-state index is 0.385. The van der Waals surface area contributed by atoms with Crippen LogP contribution in [0.5, 0.6) is 0 Å². The Bertz CT molecular complexity index is 386. The summed E-state index contributed by atoms with van der Waals surface area (Å²) in [5.74, 6) is 0. The van der Waals surface area contributed by atoms with Crippen molar-refractivity contribution in [3.8, 4) is 0 Å². The van der Waals surface area contributed by atoms with E-state index >= 15 is 0 Å². The molecule has 3 heteroatoms. The van der Waals surface area contributed by atoms with Gasteiger partial charge in [-0.1, -0.05) is 0 Å². The Morgan fingerprint density at radius 1 is 1.33 bits per heavy atom. The number of hydrogen-bond donors (Lipinski definition) is 1. The molecule has 0 unspecified atom stereocenters. The Hall–Kier alpha value is -0.501. The van der Waals surface area contributed by atoms with Crippen molar-refractivity contribution in [3.63, 3.8) is 0 Å². The maximum atomic E-state index is 4.45. The summed E-state index contributed by atoms with van der Waals surface area (Å²) in [5.41, 5.74) is 1.12. The van der Waals surface area contributed by atoms with Gasteiger partial charge >= 0.3 is 82.2 Å². The van der Waals surface area contributed by atoms with Crippen LogP contribution in [-0.4, -0.2) is 19.5 Å². The third-order valence-corrected chi connectivity index (χ3v) is 3.78. The van der Waals surface area contributed by atoms with E-state index in [1.807, 2.05) is 12.1 Å². The fourth-order valence-corrected chi connectivity index (χ4v) is 3.22. The standard InChI is InChI=1S/C9H7NSSe/c11-6-5-9-10-7-3-1-2-4-8(7)12-9/h1-6,11H/b6-5+. The van der Waals surface area contributed by atoms with Crippen LogP contribution in [0, 0.1) is 0 Å². The molecule has 0 aliphatic carbocycles. The van der Waals surface area contributed by atoms with Gasteiger partial charge < -0.3 is 0 Å². The number of nitrogens with zero attached hydrogens (tertiary/aromatic N) is 1. The molecule has 1 heterocycles. The summed E-state index contributed by atoms with van der Waals surface area (Å²) < 4.78 is 2.52. The number of para-hydroxylation sites is 1. The summed E-state index contributed by atoms with van der Waals surface area (Å²) in [7, 11) is 0. The van der Waals surface area contributed by atoms with Gasteiger partial charge in [-0.05, 0) is 0 Å². The molecule has 12 heavy (non-hydrogen) atoms. The molecule has 0 N–H and O–H groups in total. The molecule has 0 aliphatic rings. The summed E-state index contributed by atoms with van der Waals surface area (Å²) in [6.45, 7) is 0. The molecule has 0 aliphatic heterocycles. The maximum absolute atomic E-state index is 4.45. The van der Waals surface area contributed by atoms with E-state index in [9.17, 15) is 0 Å². The van der Waals surface area contributed by atoms with Crippen molar-refractivity contribution in [2.24, 2.45) is 0 Å². The van der Waals surface area contributed by atoms with E-state index in [0.717, 1.165) is 10.1 Å². The second-order valence-corrected chi connectivity index (χ2v) is 4.86. The molecule has 1 aromatic heterocycles. The molecule has 0 spiro atoms. The van der Waals surface area contributed by atoms with Crippen LogP contribution >= 0.6 is 12.6 Å². The second-order valence-electron chi connectivity index (χ2n) is 2.34. The number of aromatic nitrogens is 1. The third kappa shape index (κ3) is 1.48. The Balaban J connectivity index is 2.62. The molecule has 0 atom stereocenters. The Kier molecular flexibility index (Phi) is 2.35. The number of fused-ring (bicyclic) bond motifs is 1. The zero-order valence-electron chi connectivity index (χ0n) is 6.27. The Labute approximate surface area is 82.3 Å². The van der Waals surface area contributed by atoms with Crippen LogP contribution in [0.1, 0.15) is 4.57 Å². The number of thiol groups is 1. The summed E-state index contributed by atoms with van der Waals surface area (Å²) in [4.78, 5) is 4.45. The second kappa shape index (κ2) is 3.48. The van der Waals surface area contributed by atoms with Crippen LogP contribution in [0.4, 0.5) is 0 Å². The SMILES string of the molecule is S/C=C/c1nc2ccccc2[se]1. The van der Waals surface area contributed by atoms with Gasteiger partial charge in [0, 0.05) is 0 Å². The predicted octanol–water partition coefficient (Wildman–Crippen LogP) is 2.19. The van der Waals surface area contributed by atoms with E-state index in [-0.39, 0.29) is 0 Å². The van der Waals surface area contributed by atoms with E-state index in [1.54, 1.807) is 5.41 Å². The molecule has 0 fully saturated rings. The van der Waals surface area contributed by atoms with Crippen molar-refractivity contribution in [2.45, 2.75) is 0 Å². The average molecular weight is 240 g/mol. The third-order valence-electron chi connectivity index (χ3n) is 1.53. The molecular formula is C9H7NSSe. The molecule has 0 amide bonds. The van der Waals surface area contributed by atoms with Gasteiger partial charge in [0.2, 0.25) is 0 Å². The minimum atomic E-state index is 0.385. The molecule has 0 saturated carbocycles. The van der Waals surface area contributed by atoms with Crippen LogP contribution in [0.3, 0.4) is 0 Å². The first-order valence-electron chi connectivity index (χ1n) is 3.56. The molecule has 0 saturated heterocycles. The van der Waals surface area contributed by atoms with E-state index in [1.165, 1.54) is 4.26 Å². The summed E-state index contributed by atoms with van der Waals surface area (Å²) in [5, 5.41) is 1.74. The van der Waals surface area contributed by atoms with Crippen LogP contribution in [0.15, 0.2) is 29.7 Å². The predicted molar refractivity (Wildman–Crippen MR) is 56.7 cm³/mol. The van der Waals surface area contributed by atoms with Gasteiger partial charge in [-0.3, -0.25) is 0 Å². The summed E-state index contributed by atoms with van der Waals surface area (Å²) >= 11 is 4.41. The van der Waals surface area contributed by atoms with Crippen LogP contribution in [0.2, 0.25) is 0 Å². The molecule has 2 aromatic rings. The van der Waals surface area contributed by atoms with Crippen molar-refractivity contribution in [1.29, 1.82) is 0 Å². The van der Waals surface area contributed by atoms with Gasteiger partial charge in [-0.15, -0.1) is 0 Å². The van der Waals surface area contributed by atoms with Gasteiger partial charge in [0.1, 0.15) is 0 Å². The summed E-state index contributed by atoms with van der Waals surface area (Å²) in [6, 6.07) is 8.27. The van der Waals surface area contributed by atoms with Crippen LogP contribution < -0.4 is 0 Å². The fourth-order valence-electron chi connectivity index (χ4n) is 1.03. The zero-order chi connectivity index (χ0) is 8.39. The van der Waals surface area contributed by atoms with Gasteiger partial charge in [0.25, 0.3) is 0 Å². The number of hydrogen-bond acceptors (Lipinski definition) is 2. The Morgan fingerprint density at radius 2 is 2.17 bits per heavy atom. The molecule has 1 aromatic carbocycles. The average Bonchev–Trinajstić information content (AvgIpc) is 2.47. The number of rotatable bonds is 1. The molecule has 0 bridgehead atoms. The van der Waals surface area contributed by atoms with E-state index in [4.69, 9.17) is 0 Å². The van der Waals surface area contributed by atoms with Crippen molar-refractivity contribution in [1.82, 2.24) is 4.98 Å². The van der Waals surface area contributed by atoms with Gasteiger partial charge in [-0.25, -0.2) is 0 Å². The van der Waals surface area contributed by atoms with E-state index in [2.05, 4.69) is 35.8 Å².